The number of aliphatic hydroxyl groups excluding tert-OH is 1. The number of rotatable bonds is 8. The highest BCUT2D eigenvalue weighted by Gasteiger charge is 2.25. The Hall–Kier alpha value is -1.85. The molecule has 3 nitrogen and oxygen atoms in total. The van der Waals surface area contributed by atoms with Crippen molar-refractivity contribution < 1.29 is 14.6 Å². The summed E-state index contributed by atoms with van der Waals surface area (Å²) in [6.07, 6.45) is -0.691. The van der Waals surface area contributed by atoms with E-state index in [0.29, 0.717) is 15.8 Å². The molecule has 0 saturated carbocycles. The van der Waals surface area contributed by atoms with E-state index in [9.17, 15) is 5.11 Å². The van der Waals surface area contributed by atoms with Crippen molar-refractivity contribution in [3.8, 4) is 11.5 Å². The van der Waals surface area contributed by atoms with Gasteiger partial charge in [-0.05, 0) is 66.6 Å². The lowest BCUT2D eigenvalue weighted by atomic mass is 10.0. The topological polar surface area (TPSA) is 38.7 Å². The number of ether oxygens (including phenoxy) is 2. The van der Waals surface area contributed by atoms with Crippen molar-refractivity contribution >= 4 is 35.0 Å². The van der Waals surface area contributed by atoms with Gasteiger partial charge in [-0.1, -0.05) is 47.5 Å². The Kier molecular flexibility index (Phi) is 7.73. The molecule has 0 aliphatic rings. The van der Waals surface area contributed by atoms with Gasteiger partial charge in [0.15, 0.2) is 5.44 Å². The van der Waals surface area contributed by atoms with E-state index in [1.54, 1.807) is 14.0 Å². The minimum atomic E-state index is -0.691. The van der Waals surface area contributed by atoms with Crippen LogP contribution in [0, 0.1) is 0 Å². The summed E-state index contributed by atoms with van der Waals surface area (Å²) in [4.78, 5) is 0. The first kappa shape index (κ1) is 21.8. The molecule has 0 spiro atoms. The predicted octanol–water partition coefficient (Wildman–Crippen LogP) is 6.61. The number of hydrogen-bond acceptors (Lipinski definition) is 4. The lowest BCUT2D eigenvalue weighted by Crippen LogP contribution is -2.27. The van der Waals surface area contributed by atoms with Gasteiger partial charge in [-0.15, -0.1) is 11.8 Å². The second kappa shape index (κ2) is 10.3. The van der Waals surface area contributed by atoms with Crippen molar-refractivity contribution in [3.63, 3.8) is 0 Å². The van der Waals surface area contributed by atoms with Gasteiger partial charge >= 0.3 is 0 Å². The summed E-state index contributed by atoms with van der Waals surface area (Å²) in [5.41, 5.74) is 1.64. The SMILES string of the molecule is COc1ccc(OC(SC(c2ccc(Cl)cc2)c2ccc(Cl)cc2)C(C)O)cc1. The van der Waals surface area contributed by atoms with Gasteiger partial charge in [0, 0.05) is 10.0 Å². The van der Waals surface area contributed by atoms with Crippen molar-refractivity contribution in [1.29, 1.82) is 0 Å². The molecular formula is C23H22Cl2O3S. The average Bonchev–Trinajstić information content (AvgIpc) is 2.73. The van der Waals surface area contributed by atoms with E-state index in [2.05, 4.69) is 0 Å². The molecule has 0 heterocycles. The Morgan fingerprint density at radius 2 is 1.21 bits per heavy atom. The van der Waals surface area contributed by atoms with Gasteiger partial charge in [0.2, 0.25) is 0 Å². The summed E-state index contributed by atoms with van der Waals surface area (Å²) in [5, 5.41) is 11.7. The van der Waals surface area contributed by atoms with Crippen LogP contribution in [0.25, 0.3) is 0 Å². The summed E-state index contributed by atoms with van der Waals surface area (Å²) in [5.74, 6) is 1.41. The number of methoxy groups -OCH3 is 1. The Bertz CT molecular complexity index is 851. The minimum absolute atomic E-state index is 0.0672. The molecule has 3 aromatic rings. The average molecular weight is 449 g/mol. The van der Waals surface area contributed by atoms with E-state index >= 15 is 0 Å². The standard InChI is InChI=1S/C23H22Cl2O3S/c1-15(26)23(28-21-13-11-20(27-2)12-14-21)29-22(16-3-7-18(24)8-4-16)17-5-9-19(25)10-6-17/h3-15,22-23,26H,1-2H3. The zero-order valence-corrected chi connectivity index (χ0v) is 18.4. The van der Waals surface area contributed by atoms with Crippen molar-refractivity contribution in [2.75, 3.05) is 7.11 Å². The van der Waals surface area contributed by atoms with Crippen LogP contribution in [-0.2, 0) is 0 Å². The molecule has 0 amide bonds. The fourth-order valence-electron chi connectivity index (χ4n) is 2.79. The van der Waals surface area contributed by atoms with Crippen LogP contribution in [0.15, 0.2) is 72.8 Å². The van der Waals surface area contributed by atoms with Gasteiger partial charge in [0.1, 0.15) is 11.5 Å². The molecule has 3 aromatic carbocycles. The lowest BCUT2D eigenvalue weighted by molar-refractivity contribution is 0.101. The summed E-state index contributed by atoms with van der Waals surface area (Å²) in [6.45, 7) is 1.72. The van der Waals surface area contributed by atoms with E-state index < -0.39 is 11.5 Å². The molecule has 0 aliphatic carbocycles. The molecule has 2 unspecified atom stereocenters. The second-order valence-corrected chi connectivity index (χ2v) is 8.60. The predicted molar refractivity (Wildman–Crippen MR) is 121 cm³/mol. The first-order valence-electron chi connectivity index (χ1n) is 9.11. The molecule has 0 saturated heterocycles. The maximum absolute atomic E-state index is 10.4. The summed E-state index contributed by atoms with van der Waals surface area (Å²) >= 11 is 13.7. The smallest absolute Gasteiger partial charge is 0.170 e. The highest BCUT2D eigenvalue weighted by atomic mass is 35.5. The van der Waals surface area contributed by atoms with E-state index in [-0.39, 0.29) is 5.25 Å². The minimum Gasteiger partial charge on any atom is -0.497 e. The molecule has 3 rings (SSSR count). The number of hydrogen-bond donors (Lipinski definition) is 1. The van der Waals surface area contributed by atoms with Gasteiger partial charge in [0.25, 0.3) is 0 Å². The molecule has 1 N–H and O–H groups in total. The highest BCUT2D eigenvalue weighted by Crippen LogP contribution is 2.40. The Morgan fingerprint density at radius 1 is 0.759 bits per heavy atom. The lowest BCUT2D eigenvalue weighted by Gasteiger charge is -2.27. The van der Waals surface area contributed by atoms with Crippen molar-refractivity contribution in [2.24, 2.45) is 0 Å². The summed E-state index contributed by atoms with van der Waals surface area (Å²) in [7, 11) is 1.62. The van der Waals surface area contributed by atoms with E-state index in [1.807, 2.05) is 72.8 Å². The molecule has 0 fully saturated rings. The van der Waals surface area contributed by atoms with Gasteiger partial charge in [-0.25, -0.2) is 0 Å². The van der Waals surface area contributed by atoms with Crippen LogP contribution >= 0.6 is 35.0 Å². The van der Waals surface area contributed by atoms with Crippen LogP contribution < -0.4 is 9.47 Å². The van der Waals surface area contributed by atoms with Gasteiger partial charge in [-0.2, -0.15) is 0 Å². The molecular weight excluding hydrogens is 427 g/mol. The molecule has 152 valence electrons. The van der Waals surface area contributed by atoms with Crippen LogP contribution in [0.2, 0.25) is 10.0 Å². The van der Waals surface area contributed by atoms with E-state index in [4.69, 9.17) is 32.7 Å². The van der Waals surface area contributed by atoms with Crippen LogP contribution in [0.3, 0.4) is 0 Å². The monoisotopic (exact) mass is 448 g/mol. The second-order valence-electron chi connectivity index (χ2n) is 6.52. The van der Waals surface area contributed by atoms with Gasteiger partial charge < -0.3 is 14.6 Å². The molecule has 29 heavy (non-hydrogen) atoms. The Labute approximate surface area is 185 Å². The summed E-state index contributed by atoms with van der Waals surface area (Å²) < 4.78 is 11.3. The molecule has 0 aliphatic heterocycles. The van der Waals surface area contributed by atoms with Crippen LogP contribution in [0.4, 0.5) is 0 Å². The number of thioether (sulfide) groups is 1. The molecule has 0 bridgehead atoms. The van der Waals surface area contributed by atoms with Gasteiger partial charge in [0.05, 0.1) is 18.5 Å². The number of halogens is 2. The van der Waals surface area contributed by atoms with Crippen LogP contribution in [-0.4, -0.2) is 23.8 Å². The number of benzene rings is 3. The third-order valence-electron chi connectivity index (χ3n) is 4.32. The largest absolute Gasteiger partial charge is 0.497 e. The third kappa shape index (κ3) is 6.06. The van der Waals surface area contributed by atoms with E-state index in [1.165, 1.54) is 11.8 Å². The zero-order valence-electron chi connectivity index (χ0n) is 16.1. The highest BCUT2D eigenvalue weighted by molar-refractivity contribution is 8.00. The molecule has 6 heteroatoms. The third-order valence-corrected chi connectivity index (χ3v) is 6.40. The van der Waals surface area contributed by atoms with E-state index in [0.717, 1.165) is 16.9 Å². The first-order valence-corrected chi connectivity index (χ1v) is 10.8. The molecule has 0 aromatic heterocycles. The normalized spacial score (nSPS) is 13.2. The van der Waals surface area contributed by atoms with Crippen molar-refractivity contribution in [3.05, 3.63) is 94.0 Å². The zero-order chi connectivity index (χ0) is 20.8. The maximum atomic E-state index is 10.4. The molecule has 0 radical (unpaired) electrons. The Balaban J connectivity index is 1.88. The Morgan fingerprint density at radius 3 is 1.62 bits per heavy atom. The first-order chi connectivity index (χ1) is 14.0. The summed E-state index contributed by atoms with van der Waals surface area (Å²) in [6, 6.07) is 22.7. The quantitative estimate of drug-likeness (QED) is 0.393. The van der Waals surface area contributed by atoms with Gasteiger partial charge in [-0.3, -0.25) is 0 Å². The van der Waals surface area contributed by atoms with Crippen molar-refractivity contribution in [2.45, 2.75) is 23.7 Å². The van der Waals surface area contributed by atoms with Crippen LogP contribution in [0.5, 0.6) is 11.5 Å². The number of aliphatic hydroxyl groups is 1. The maximum Gasteiger partial charge on any atom is 0.170 e. The molecule has 2 atom stereocenters. The fourth-order valence-corrected chi connectivity index (χ4v) is 4.33. The fraction of sp³-hybridized carbons (Fsp3) is 0.217. The van der Waals surface area contributed by atoms with Crippen LogP contribution in [0.1, 0.15) is 23.3 Å². The van der Waals surface area contributed by atoms with Crippen molar-refractivity contribution in [1.82, 2.24) is 0 Å².